The molecule has 0 bridgehead atoms. The largest absolute Gasteiger partial charge is 0.497 e. The van der Waals surface area contributed by atoms with Crippen LogP contribution in [-0.2, 0) is 11.3 Å². The fraction of sp³-hybridized carbons (Fsp3) is 0.632. The van der Waals surface area contributed by atoms with E-state index in [2.05, 4.69) is 27.7 Å². The predicted octanol–water partition coefficient (Wildman–Crippen LogP) is 2.02. The molecule has 5 heteroatoms. The molecule has 0 unspecified atom stereocenters. The molecular weight excluding hydrogens is 302 g/mol. The zero-order chi connectivity index (χ0) is 17.2. The van der Waals surface area contributed by atoms with Crippen molar-refractivity contribution >= 4 is 5.91 Å². The molecule has 1 fully saturated rings. The van der Waals surface area contributed by atoms with Crippen LogP contribution in [-0.4, -0.2) is 51.1 Å². The van der Waals surface area contributed by atoms with Gasteiger partial charge in [0, 0.05) is 19.5 Å². The normalized spacial score (nSPS) is 16.1. The lowest BCUT2D eigenvalue weighted by atomic mass is 9.96. The summed E-state index contributed by atoms with van der Waals surface area (Å²) in [7, 11) is 3.61. The third-order valence-electron chi connectivity index (χ3n) is 4.69. The van der Waals surface area contributed by atoms with Gasteiger partial charge in [0.2, 0.25) is 5.91 Å². The van der Waals surface area contributed by atoms with Crippen LogP contribution in [0.4, 0.5) is 0 Å². The summed E-state index contributed by atoms with van der Waals surface area (Å²) in [6, 6.07) is 8.31. The maximum Gasteiger partial charge on any atom is 0.220 e. The Bertz CT molecular complexity index is 482. The van der Waals surface area contributed by atoms with E-state index < -0.39 is 0 Å². The number of hydrogen-bond donors (Lipinski definition) is 2. The standard InChI is InChI=1S/C19H31N3O2/c1-20-11-3-4-19(23)21-14-16-9-12-22(13-10-16)15-17-5-7-18(24-2)8-6-17/h5-8,16,20H,3-4,9-15H2,1-2H3,(H,21,23). The molecular formula is C19H31N3O2. The summed E-state index contributed by atoms with van der Waals surface area (Å²) in [5.41, 5.74) is 1.33. The van der Waals surface area contributed by atoms with Crippen LogP contribution in [0.2, 0.25) is 0 Å². The molecule has 1 aliphatic heterocycles. The summed E-state index contributed by atoms with van der Waals surface area (Å²) in [6.07, 6.45) is 3.85. The van der Waals surface area contributed by atoms with E-state index in [1.165, 1.54) is 5.56 Å². The Morgan fingerprint density at radius 3 is 2.58 bits per heavy atom. The Morgan fingerprint density at radius 1 is 1.25 bits per heavy atom. The topological polar surface area (TPSA) is 53.6 Å². The Labute approximate surface area is 145 Å². The second-order valence-electron chi connectivity index (χ2n) is 6.58. The molecule has 0 spiro atoms. The maximum atomic E-state index is 11.8. The Hall–Kier alpha value is -1.59. The van der Waals surface area contributed by atoms with Crippen molar-refractivity contribution in [3.8, 4) is 5.75 Å². The molecule has 2 N–H and O–H groups in total. The van der Waals surface area contributed by atoms with E-state index in [4.69, 9.17) is 4.74 Å². The molecule has 24 heavy (non-hydrogen) atoms. The van der Waals surface area contributed by atoms with Crippen molar-refractivity contribution in [1.29, 1.82) is 0 Å². The summed E-state index contributed by atoms with van der Waals surface area (Å²) in [4.78, 5) is 14.3. The zero-order valence-electron chi connectivity index (χ0n) is 15.0. The van der Waals surface area contributed by atoms with E-state index in [-0.39, 0.29) is 5.91 Å². The first-order valence-corrected chi connectivity index (χ1v) is 8.98. The van der Waals surface area contributed by atoms with Crippen LogP contribution in [0, 0.1) is 5.92 Å². The van der Waals surface area contributed by atoms with Gasteiger partial charge in [0.15, 0.2) is 0 Å². The van der Waals surface area contributed by atoms with E-state index in [9.17, 15) is 4.79 Å². The lowest BCUT2D eigenvalue weighted by Crippen LogP contribution is -2.38. The van der Waals surface area contributed by atoms with Gasteiger partial charge in [0.1, 0.15) is 5.75 Å². The third-order valence-corrected chi connectivity index (χ3v) is 4.69. The number of amides is 1. The molecule has 0 radical (unpaired) electrons. The molecule has 5 nitrogen and oxygen atoms in total. The Balaban J connectivity index is 1.63. The summed E-state index contributed by atoms with van der Waals surface area (Å²) in [5, 5.41) is 6.16. The van der Waals surface area contributed by atoms with Crippen molar-refractivity contribution < 1.29 is 9.53 Å². The second kappa shape index (κ2) is 10.3. The number of ether oxygens (including phenoxy) is 1. The molecule has 1 aliphatic rings. The van der Waals surface area contributed by atoms with Crippen LogP contribution >= 0.6 is 0 Å². The van der Waals surface area contributed by atoms with Crippen LogP contribution in [0.5, 0.6) is 5.75 Å². The molecule has 1 saturated heterocycles. The Kier molecular flexibility index (Phi) is 8.05. The number of benzene rings is 1. The SMILES string of the molecule is CNCCCC(=O)NCC1CCN(Cc2ccc(OC)cc2)CC1. The number of nitrogens with one attached hydrogen (secondary N) is 2. The fourth-order valence-electron chi connectivity index (χ4n) is 3.11. The summed E-state index contributed by atoms with van der Waals surface area (Å²) in [5.74, 6) is 1.71. The number of piperidine rings is 1. The van der Waals surface area contributed by atoms with Gasteiger partial charge in [-0.25, -0.2) is 0 Å². The van der Waals surface area contributed by atoms with Crippen LogP contribution in [0.25, 0.3) is 0 Å². The highest BCUT2D eigenvalue weighted by atomic mass is 16.5. The molecule has 1 heterocycles. The number of nitrogens with zero attached hydrogens (tertiary/aromatic N) is 1. The fourth-order valence-corrected chi connectivity index (χ4v) is 3.11. The molecule has 0 saturated carbocycles. The average Bonchev–Trinajstić information content (AvgIpc) is 2.62. The number of carbonyl (C=O) groups is 1. The molecule has 2 rings (SSSR count). The zero-order valence-corrected chi connectivity index (χ0v) is 15.0. The lowest BCUT2D eigenvalue weighted by Gasteiger charge is -2.32. The van der Waals surface area contributed by atoms with Crippen molar-refractivity contribution in [2.75, 3.05) is 40.3 Å². The Morgan fingerprint density at radius 2 is 1.96 bits per heavy atom. The number of carbonyl (C=O) groups excluding carboxylic acids is 1. The minimum absolute atomic E-state index is 0.186. The van der Waals surface area contributed by atoms with Crippen molar-refractivity contribution in [2.45, 2.75) is 32.2 Å². The quantitative estimate of drug-likeness (QED) is 0.679. The minimum atomic E-state index is 0.186. The van der Waals surface area contributed by atoms with Gasteiger partial charge >= 0.3 is 0 Å². The number of rotatable bonds is 9. The van der Waals surface area contributed by atoms with Crippen LogP contribution in [0.15, 0.2) is 24.3 Å². The van der Waals surface area contributed by atoms with Gasteiger partial charge in [-0.15, -0.1) is 0 Å². The van der Waals surface area contributed by atoms with Gasteiger partial charge in [0.05, 0.1) is 7.11 Å². The smallest absolute Gasteiger partial charge is 0.220 e. The highest BCUT2D eigenvalue weighted by Gasteiger charge is 2.19. The first kappa shape index (κ1) is 18.7. The second-order valence-corrected chi connectivity index (χ2v) is 6.58. The van der Waals surface area contributed by atoms with Crippen molar-refractivity contribution in [3.63, 3.8) is 0 Å². The van der Waals surface area contributed by atoms with Gasteiger partial charge in [0.25, 0.3) is 0 Å². The summed E-state index contributed by atoms with van der Waals surface area (Å²) >= 11 is 0. The van der Waals surface area contributed by atoms with Crippen LogP contribution < -0.4 is 15.4 Å². The van der Waals surface area contributed by atoms with Crippen LogP contribution in [0.1, 0.15) is 31.2 Å². The van der Waals surface area contributed by atoms with E-state index in [1.54, 1.807) is 7.11 Å². The van der Waals surface area contributed by atoms with Crippen LogP contribution in [0.3, 0.4) is 0 Å². The van der Waals surface area contributed by atoms with E-state index in [0.717, 1.165) is 57.7 Å². The van der Waals surface area contributed by atoms with Crippen molar-refractivity contribution in [1.82, 2.24) is 15.5 Å². The van der Waals surface area contributed by atoms with E-state index in [0.29, 0.717) is 12.3 Å². The number of likely N-dealkylation sites (tertiary alicyclic amines) is 1. The molecule has 1 aromatic carbocycles. The molecule has 0 atom stereocenters. The van der Waals surface area contributed by atoms with Gasteiger partial charge in [-0.1, -0.05) is 12.1 Å². The van der Waals surface area contributed by atoms with Crippen molar-refractivity contribution in [3.05, 3.63) is 29.8 Å². The number of hydrogen-bond acceptors (Lipinski definition) is 4. The minimum Gasteiger partial charge on any atom is -0.497 e. The van der Waals surface area contributed by atoms with Gasteiger partial charge in [-0.05, 0) is 69.6 Å². The maximum absolute atomic E-state index is 11.8. The average molecular weight is 333 g/mol. The third kappa shape index (κ3) is 6.49. The molecule has 0 aliphatic carbocycles. The van der Waals surface area contributed by atoms with Gasteiger partial charge in [-0.3, -0.25) is 9.69 Å². The van der Waals surface area contributed by atoms with Gasteiger partial charge in [-0.2, -0.15) is 0 Å². The van der Waals surface area contributed by atoms with Crippen molar-refractivity contribution in [2.24, 2.45) is 5.92 Å². The highest BCUT2D eigenvalue weighted by molar-refractivity contribution is 5.75. The van der Waals surface area contributed by atoms with E-state index in [1.807, 2.05) is 19.2 Å². The molecule has 1 aromatic rings. The first-order chi connectivity index (χ1) is 11.7. The molecule has 0 aromatic heterocycles. The molecule has 1 amide bonds. The van der Waals surface area contributed by atoms with E-state index >= 15 is 0 Å². The first-order valence-electron chi connectivity index (χ1n) is 8.98. The lowest BCUT2D eigenvalue weighted by molar-refractivity contribution is -0.121. The highest BCUT2D eigenvalue weighted by Crippen LogP contribution is 2.19. The number of methoxy groups -OCH3 is 1. The predicted molar refractivity (Wildman–Crippen MR) is 97.2 cm³/mol. The molecule has 134 valence electrons. The summed E-state index contributed by atoms with van der Waals surface area (Å²) in [6.45, 7) is 4.93. The summed E-state index contributed by atoms with van der Waals surface area (Å²) < 4.78 is 5.20. The monoisotopic (exact) mass is 333 g/mol. The van der Waals surface area contributed by atoms with Gasteiger partial charge < -0.3 is 15.4 Å².